The van der Waals surface area contributed by atoms with E-state index >= 15 is 0 Å². The zero-order valence-electron chi connectivity index (χ0n) is 6.50. The smallest absolute Gasteiger partial charge is 0.364 e. The molecule has 1 aromatic carbocycles. The average molecular weight is 245 g/mol. The number of hydrogen-bond acceptors (Lipinski definition) is 1. The van der Waals surface area contributed by atoms with Crippen molar-refractivity contribution in [2.24, 2.45) is 0 Å². The van der Waals surface area contributed by atoms with Crippen LogP contribution in [0.15, 0.2) is 34.6 Å². The molecule has 2 nitrogen and oxygen atoms in total. The lowest BCUT2D eigenvalue weighted by Gasteiger charge is -1.96. The van der Waals surface area contributed by atoms with E-state index in [4.69, 9.17) is 5.11 Å². The number of carboxylic acids is 1. The second-order valence-electron chi connectivity index (χ2n) is 2.32. The highest BCUT2D eigenvalue weighted by atomic mass is 79.9. The molecule has 0 heterocycles. The van der Waals surface area contributed by atoms with E-state index in [9.17, 15) is 9.18 Å². The van der Waals surface area contributed by atoms with Crippen LogP contribution in [0.4, 0.5) is 4.39 Å². The van der Waals surface area contributed by atoms with Crippen molar-refractivity contribution in [1.82, 2.24) is 0 Å². The first kappa shape index (κ1) is 9.92. The maximum Gasteiger partial charge on any atom is 0.364 e. The molecule has 13 heavy (non-hydrogen) atoms. The molecule has 1 rings (SSSR count). The highest BCUT2D eigenvalue weighted by molar-refractivity contribution is 9.10. The van der Waals surface area contributed by atoms with Crippen molar-refractivity contribution in [3.05, 3.63) is 40.1 Å². The van der Waals surface area contributed by atoms with Crippen molar-refractivity contribution in [3.8, 4) is 0 Å². The molecular formula is C9H6BrFO2. The summed E-state index contributed by atoms with van der Waals surface area (Å²) in [6.45, 7) is 0. The van der Waals surface area contributed by atoms with E-state index in [-0.39, 0.29) is 0 Å². The summed E-state index contributed by atoms with van der Waals surface area (Å²) in [5.74, 6) is -2.73. The van der Waals surface area contributed by atoms with Crippen LogP contribution in [0.2, 0.25) is 0 Å². The Balaban J connectivity index is 3.04. The third-order valence-electron chi connectivity index (χ3n) is 1.39. The molecule has 0 radical (unpaired) electrons. The van der Waals surface area contributed by atoms with Crippen LogP contribution in [0.5, 0.6) is 0 Å². The van der Waals surface area contributed by atoms with Crippen molar-refractivity contribution in [2.45, 2.75) is 0 Å². The molecule has 1 N–H and O–H groups in total. The van der Waals surface area contributed by atoms with E-state index < -0.39 is 11.8 Å². The van der Waals surface area contributed by atoms with Crippen LogP contribution in [-0.2, 0) is 4.79 Å². The Morgan fingerprint density at radius 1 is 1.46 bits per heavy atom. The summed E-state index contributed by atoms with van der Waals surface area (Å²) in [5.41, 5.74) is 0.502. The van der Waals surface area contributed by atoms with Crippen molar-refractivity contribution in [1.29, 1.82) is 0 Å². The number of aliphatic carboxylic acids is 1. The molecule has 0 aromatic heterocycles. The summed E-state index contributed by atoms with van der Waals surface area (Å²) < 4.78 is 13.3. The molecule has 0 fully saturated rings. The number of hydrogen-bond donors (Lipinski definition) is 1. The van der Waals surface area contributed by atoms with Crippen LogP contribution in [0.25, 0.3) is 6.08 Å². The molecule has 0 spiro atoms. The molecule has 0 saturated carbocycles. The maximum absolute atomic E-state index is 12.6. The van der Waals surface area contributed by atoms with Gasteiger partial charge in [-0.15, -0.1) is 0 Å². The zero-order valence-corrected chi connectivity index (χ0v) is 8.08. The summed E-state index contributed by atoms with van der Waals surface area (Å²) in [6, 6.07) is 6.79. The van der Waals surface area contributed by atoms with Gasteiger partial charge < -0.3 is 5.11 Å². The van der Waals surface area contributed by atoms with Crippen LogP contribution in [0.1, 0.15) is 5.56 Å². The molecule has 0 atom stereocenters. The standard InChI is InChI=1S/C9H6BrFO2/c10-7-4-2-1-3-6(7)5-8(11)9(12)13/h1-5H,(H,12,13). The molecule has 68 valence electrons. The third-order valence-corrected chi connectivity index (χ3v) is 2.11. The first-order valence-electron chi connectivity index (χ1n) is 3.46. The average Bonchev–Trinajstić information content (AvgIpc) is 2.08. The summed E-state index contributed by atoms with van der Waals surface area (Å²) >= 11 is 3.17. The molecule has 0 aliphatic rings. The summed E-state index contributed by atoms with van der Waals surface area (Å²) in [4.78, 5) is 10.2. The first-order chi connectivity index (χ1) is 6.11. The van der Waals surface area contributed by atoms with Gasteiger partial charge in [-0.05, 0) is 17.7 Å². The Labute approximate surface area is 82.8 Å². The summed E-state index contributed by atoms with van der Waals surface area (Å²) in [5, 5.41) is 8.28. The van der Waals surface area contributed by atoms with Gasteiger partial charge in [0, 0.05) is 4.47 Å². The van der Waals surface area contributed by atoms with E-state index in [1.165, 1.54) is 0 Å². The van der Waals surface area contributed by atoms with E-state index in [2.05, 4.69) is 15.9 Å². The molecule has 0 aliphatic carbocycles. The minimum absolute atomic E-state index is 0.502. The van der Waals surface area contributed by atoms with E-state index in [1.54, 1.807) is 24.3 Å². The predicted octanol–water partition coefficient (Wildman–Crippen LogP) is 2.84. The first-order valence-corrected chi connectivity index (χ1v) is 4.25. The molecule has 1 aromatic rings. The van der Waals surface area contributed by atoms with Gasteiger partial charge in [-0.3, -0.25) is 0 Å². The topological polar surface area (TPSA) is 37.3 Å². The van der Waals surface area contributed by atoms with Gasteiger partial charge in [0.2, 0.25) is 5.83 Å². The summed E-state index contributed by atoms with van der Waals surface area (Å²) in [7, 11) is 0. The van der Waals surface area contributed by atoms with Crippen molar-refractivity contribution in [3.63, 3.8) is 0 Å². The van der Waals surface area contributed by atoms with Crippen molar-refractivity contribution >= 4 is 28.0 Å². The fourth-order valence-corrected chi connectivity index (χ4v) is 1.19. The Bertz CT molecular complexity index is 360. The molecule has 0 unspecified atom stereocenters. The minimum atomic E-state index is -1.56. The molecule has 0 aliphatic heterocycles. The van der Waals surface area contributed by atoms with Crippen LogP contribution in [0.3, 0.4) is 0 Å². The SMILES string of the molecule is O=C(O)C(F)=Cc1ccccc1Br. The maximum atomic E-state index is 12.6. The fourth-order valence-electron chi connectivity index (χ4n) is 0.790. The molecule has 4 heteroatoms. The highest BCUT2D eigenvalue weighted by Gasteiger charge is 2.05. The van der Waals surface area contributed by atoms with Crippen molar-refractivity contribution in [2.75, 3.05) is 0 Å². The number of carbonyl (C=O) groups is 1. The largest absolute Gasteiger partial charge is 0.476 e. The van der Waals surface area contributed by atoms with Gasteiger partial charge in [-0.25, -0.2) is 4.79 Å². The number of rotatable bonds is 2. The van der Waals surface area contributed by atoms with Gasteiger partial charge in [0.05, 0.1) is 0 Å². The van der Waals surface area contributed by atoms with Gasteiger partial charge in [-0.2, -0.15) is 4.39 Å². The summed E-state index contributed by atoms with van der Waals surface area (Å²) in [6.07, 6.45) is 0.965. The van der Waals surface area contributed by atoms with Gasteiger partial charge in [0.25, 0.3) is 0 Å². The van der Waals surface area contributed by atoms with Gasteiger partial charge >= 0.3 is 5.97 Å². The van der Waals surface area contributed by atoms with E-state index in [0.717, 1.165) is 6.08 Å². The molecule has 0 amide bonds. The van der Waals surface area contributed by atoms with Gasteiger partial charge in [0.15, 0.2) is 0 Å². The zero-order chi connectivity index (χ0) is 9.84. The Morgan fingerprint density at radius 3 is 2.62 bits per heavy atom. The third kappa shape index (κ3) is 2.66. The second kappa shape index (κ2) is 4.18. The van der Waals surface area contributed by atoms with Crippen LogP contribution in [0, 0.1) is 0 Å². The lowest BCUT2D eigenvalue weighted by molar-refractivity contribution is -0.134. The number of benzene rings is 1. The number of carboxylic acid groups (broad SMARTS) is 1. The highest BCUT2D eigenvalue weighted by Crippen LogP contribution is 2.19. The fraction of sp³-hybridized carbons (Fsp3) is 0. The molecule has 0 saturated heterocycles. The Kier molecular flexibility index (Phi) is 3.19. The van der Waals surface area contributed by atoms with E-state index in [1.807, 2.05) is 0 Å². The lowest BCUT2D eigenvalue weighted by atomic mass is 10.2. The normalized spacial score (nSPS) is 11.4. The monoisotopic (exact) mass is 244 g/mol. The van der Waals surface area contributed by atoms with Crippen LogP contribution in [-0.4, -0.2) is 11.1 Å². The van der Waals surface area contributed by atoms with Crippen molar-refractivity contribution < 1.29 is 14.3 Å². The minimum Gasteiger partial charge on any atom is -0.476 e. The van der Waals surface area contributed by atoms with E-state index in [0.29, 0.717) is 10.0 Å². The van der Waals surface area contributed by atoms with Crippen LogP contribution >= 0.6 is 15.9 Å². The van der Waals surface area contributed by atoms with Gasteiger partial charge in [-0.1, -0.05) is 34.1 Å². The number of halogens is 2. The molecule has 0 bridgehead atoms. The lowest BCUT2D eigenvalue weighted by Crippen LogP contribution is -1.94. The quantitative estimate of drug-likeness (QED) is 0.813. The second-order valence-corrected chi connectivity index (χ2v) is 3.17. The van der Waals surface area contributed by atoms with Gasteiger partial charge in [0.1, 0.15) is 0 Å². The Morgan fingerprint density at radius 2 is 2.08 bits per heavy atom. The Hall–Kier alpha value is -1.16. The predicted molar refractivity (Wildman–Crippen MR) is 50.9 cm³/mol. The molecular weight excluding hydrogens is 239 g/mol. The van der Waals surface area contributed by atoms with Crippen LogP contribution < -0.4 is 0 Å².